The van der Waals surface area contributed by atoms with Gasteiger partial charge in [-0.25, -0.2) is 4.79 Å². The molecule has 9 nitrogen and oxygen atoms in total. The first-order valence-corrected chi connectivity index (χ1v) is 8.18. The molecule has 1 aromatic rings. The van der Waals surface area contributed by atoms with Crippen LogP contribution < -0.4 is 11.2 Å². The summed E-state index contributed by atoms with van der Waals surface area (Å²) >= 11 is 0. The number of fused-ring (bicyclic) bond motifs is 2. The van der Waals surface area contributed by atoms with Gasteiger partial charge in [0.25, 0.3) is 5.56 Å². The molecule has 3 aliphatic heterocycles. The zero-order valence-corrected chi connectivity index (χ0v) is 13.6. The minimum atomic E-state index is -0.833. The molecule has 0 spiro atoms. The van der Waals surface area contributed by atoms with E-state index in [0.29, 0.717) is 13.2 Å². The van der Waals surface area contributed by atoms with Crippen LogP contribution in [-0.4, -0.2) is 88.6 Å². The summed E-state index contributed by atoms with van der Waals surface area (Å²) in [5.74, 6) is 0. The Balaban J connectivity index is 1.55. The average Bonchev–Trinajstić information content (AvgIpc) is 2.99. The molecule has 3 fully saturated rings. The molecule has 0 aromatic carbocycles. The zero-order valence-electron chi connectivity index (χ0n) is 13.6. The highest BCUT2D eigenvalue weighted by Gasteiger charge is 2.62. The fourth-order valence-corrected chi connectivity index (χ4v) is 3.77. The van der Waals surface area contributed by atoms with Crippen molar-refractivity contribution in [2.75, 3.05) is 46.4 Å². The third kappa shape index (κ3) is 2.52. The van der Waals surface area contributed by atoms with Gasteiger partial charge in [-0.1, -0.05) is 0 Å². The number of ether oxygens (including phenoxy) is 2. The van der Waals surface area contributed by atoms with Crippen molar-refractivity contribution < 1.29 is 14.6 Å². The second kappa shape index (κ2) is 5.78. The lowest BCUT2D eigenvalue weighted by molar-refractivity contribution is -0.182. The zero-order chi connectivity index (χ0) is 16.9. The van der Waals surface area contributed by atoms with E-state index in [1.807, 2.05) is 0 Å². The molecule has 0 radical (unpaired) electrons. The molecule has 24 heavy (non-hydrogen) atoms. The highest BCUT2D eigenvalue weighted by Crippen LogP contribution is 2.44. The fourth-order valence-electron chi connectivity index (χ4n) is 3.77. The molecule has 9 heteroatoms. The first kappa shape index (κ1) is 16.0. The Morgan fingerprint density at radius 2 is 2.08 bits per heavy atom. The molecule has 2 bridgehead atoms. The van der Waals surface area contributed by atoms with Crippen LogP contribution in [0.25, 0.3) is 0 Å². The summed E-state index contributed by atoms with van der Waals surface area (Å²) < 4.78 is 13.1. The lowest BCUT2D eigenvalue weighted by atomic mass is 9.98. The summed E-state index contributed by atoms with van der Waals surface area (Å²) in [6, 6.07) is 1.26. The summed E-state index contributed by atoms with van der Waals surface area (Å²) in [6.45, 7) is 4.62. The number of piperazine rings is 1. The van der Waals surface area contributed by atoms with Crippen LogP contribution in [0.4, 0.5) is 0 Å². The normalized spacial score (nSPS) is 37.2. The molecule has 3 saturated heterocycles. The summed E-state index contributed by atoms with van der Waals surface area (Å²) in [6.07, 6.45) is -0.765. The van der Waals surface area contributed by atoms with E-state index in [0.717, 1.165) is 26.2 Å². The van der Waals surface area contributed by atoms with Gasteiger partial charge in [0.05, 0.1) is 6.61 Å². The van der Waals surface area contributed by atoms with Crippen LogP contribution in [0, 0.1) is 0 Å². The summed E-state index contributed by atoms with van der Waals surface area (Å²) in [4.78, 5) is 30.0. The van der Waals surface area contributed by atoms with Crippen LogP contribution in [0.2, 0.25) is 0 Å². The standard InChI is InChI=1S/C15H22N4O5/c1-17-4-6-18(7-5-17)8-15-9-23-11(12(15)21)13(24-15)19-3-2-10(20)16-14(19)22/h2-3,11-13,21H,4-9H2,1H3,(H,16,20,22)/t11?,12-,13-,15+/m1/s1. The molecule has 0 amide bonds. The van der Waals surface area contributed by atoms with Crippen molar-refractivity contribution in [2.24, 2.45) is 0 Å². The van der Waals surface area contributed by atoms with Gasteiger partial charge in [0, 0.05) is 45.0 Å². The van der Waals surface area contributed by atoms with Crippen molar-refractivity contribution in [1.29, 1.82) is 0 Å². The van der Waals surface area contributed by atoms with Gasteiger partial charge in [-0.3, -0.25) is 19.2 Å². The molecular formula is C15H22N4O5. The Bertz CT molecular complexity index is 725. The number of aromatic nitrogens is 2. The maximum Gasteiger partial charge on any atom is 0.330 e. The first-order chi connectivity index (χ1) is 11.5. The minimum Gasteiger partial charge on any atom is -0.387 e. The molecular weight excluding hydrogens is 316 g/mol. The number of H-pyrrole nitrogens is 1. The van der Waals surface area contributed by atoms with Crippen LogP contribution in [0.1, 0.15) is 6.23 Å². The topological polar surface area (TPSA) is 100 Å². The van der Waals surface area contributed by atoms with Gasteiger partial charge in [-0.05, 0) is 7.05 Å². The lowest BCUT2D eigenvalue weighted by Gasteiger charge is -2.39. The number of nitrogens with one attached hydrogen (secondary N) is 1. The van der Waals surface area contributed by atoms with Crippen molar-refractivity contribution in [3.8, 4) is 0 Å². The maximum atomic E-state index is 12.0. The molecule has 3 aliphatic rings. The number of rotatable bonds is 3. The summed E-state index contributed by atoms with van der Waals surface area (Å²) in [5.41, 5.74) is -1.86. The van der Waals surface area contributed by atoms with E-state index in [1.165, 1.54) is 16.8 Å². The van der Waals surface area contributed by atoms with Crippen molar-refractivity contribution in [3.05, 3.63) is 33.1 Å². The lowest BCUT2D eigenvalue weighted by Crippen LogP contribution is -2.55. The van der Waals surface area contributed by atoms with Crippen molar-refractivity contribution in [3.63, 3.8) is 0 Å². The number of hydrogen-bond acceptors (Lipinski definition) is 7. The fraction of sp³-hybridized carbons (Fsp3) is 0.733. The van der Waals surface area contributed by atoms with Crippen LogP contribution in [0.3, 0.4) is 0 Å². The van der Waals surface area contributed by atoms with E-state index in [4.69, 9.17) is 9.47 Å². The van der Waals surface area contributed by atoms with E-state index in [-0.39, 0.29) is 0 Å². The van der Waals surface area contributed by atoms with E-state index in [1.54, 1.807) is 0 Å². The maximum absolute atomic E-state index is 12.0. The number of hydrogen-bond donors (Lipinski definition) is 2. The Kier molecular flexibility index (Phi) is 3.85. The molecule has 1 aromatic heterocycles. The van der Waals surface area contributed by atoms with E-state index >= 15 is 0 Å². The van der Waals surface area contributed by atoms with Crippen LogP contribution in [0.15, 0.2) is 21.9 Å². The number of likely N-dealkylation sites (N-methyl/N-ethyl adjacent to an activating group) is 1. The van der Waals surface area contributed by atoms with Gasteiger partial charge in [-0.15, -0.1) is 0 Å². The monoisotopic (exact) mass is 338 g/mol. The summed E-state index contributed by atoms with van der Waals surface area (Å²) in [5, 5.41) is 10.7. The van der Waals surface area contributed by atoms with E-state index < -0.39 is 35.3 Å². The van der Waals surface area contributed by atoms with Gasteiger partial charge in [-0.2, -0.15) is 0 Å². The predicted octanol–water partition coefficient (Wildman–Crippen LogP) is -2.19. The van der Waals surface area contributed by atoms with Crippen LogP contribution in [-0.2, 0) is 9.47 Å². The molecule has 132 valence electrons. The Morgan fingerprint density at radius 1 is 1.33 bits per heavy atom. The Labute approximate surface area is 138 Å². The second-order valence-electron chi connectivity index (χ2n) is 6.89. The highest BCUT2D eigenvalue weighted by molar-refractivity contribution is 5.09. The molecule has 1 unspecified atom stereocenters. The number of aliphatic hydroxyl groups is 1. The molecule has 0 saturated carbocycles. The third-order valence-electron chi connectivity index (χ3n) is 5.22. The number of nitrogens with zero attached hydrogens (tertiary/aromatic N) is 3. The van der Waals surface area contributed by atoms with E-state index in [9.17, 15) is 14.7 Å². The van der Waals surface area contributed by atoms with Crippen LogP contribution in [0.5, 0.6) is 0 Å². The Morgan fingerprint density at radius 3 is 2.79 bits per heavy atom. The quantitative estimate of drug-likeness (QED) is 0.646. The molecule has 0 aliphatic carbocycles. The number of aliphatic hydroxyl groups excluding tert-OH is 1. The van der Waals surface area contributed by atoms with Gasteiger partial charge >= 0.3 is 5.69 Å². The van der Waals surface area contributed by atoms with E-state index in [2.05, 4.69) is 21.8 Å². The van der Waals surface area contributed by atoms with Gasteiger partial charge < -0.3 is 19.5 Å². The SMILES string of the molecule is CN1CCN(C[C@@]23COC([C@H](n4ccc(=O)[nH]c4=O)O2)[C@H]3O)CC1. The minimum absolute atomic E-state index is 0.305. The smallest absolute Gasteiger partial charge is 0.330 e. The molecule has 4 heterocycles. The predicted molar refractivity (Wildman–Crippen MR) is 83.9 cm³/mol. The van der Waals surface area contributed by atoms with Gasteiger partial charge in [0.1, 0.15) is 17.8 Å². The highest BCUT2D eigenvalue weighted by atomic mass is 16.6. The molecule has 2 N–H and O–H groups in total. The van der Waals surface area contributed by atoms with Gasteiger partial charge in [0.2, 0.25) is 0 Å². The molecule has 4 atom stereocenters. The van der Waals surface area contributed by atoms with Gasteiger partial charge in [0.15, 0.2) is 6.23 Å². The molecule has 4 rings (SSSR count). The second-order valence-corrected chi connectivity index (χ2v) is 6.89. The Hall–Kier alpha value is -1.52. The first-order valence-electron chi connectivity index (χ1n) is 8.18. The summed E-state index contributed by atoms with van der Waals surface area (Å²) in [7, 11) is 2.09. The average molecular weight is 338 g/mol. The van der Waals surface area contributed by atoms with Crippen LogP contribution >= 0.6 is 0 Å². The third-order valence-corrected chi connectivity index (χ3v) is 5.22. The van der Waals surface area contributed by atoms with Crippen molar-refractivity contribution in [2.45, 2.75) is 24.0 Å². The number of aromatic amines is 1. The largest absolute Gasteiger partial charge is 0.387 e. The van der Waals surface area contributed by atoms with Crippen molar-refractivity contribution in [1.82, 2.24) is 19.4 Å². The van der Waals surface area contributed by atoms with Crippen molar-refractivity contribution >= 4 is 0 Å².